The molecule has 2 heterocycles. The molecular formula is C17H18N4O. The van der Waals surface area contributed by atoms with E-state index in [1.54, 1.807) is 0 Å². The van der Waals surface area contributed by atoms with Crippen LogP contribution in [0, 0.1) is 0 Å². The molecular weight excluding hydrogens is 276 g/mol. The van der Waals surface area contributed by atoms with Crippen LogP contribution in [0.1, 0.15) is 11.3 Å². The molecule has 1 aliphatic heterocycles. The van der Waals surface area contributed by atoms with Gasteiger partial charge < -0.3 is 15.4 Å². The van der Waals surface area contributed by atoms with E-state index in [1.807, 2.05) is 24.3 Å². The van der Waals surface area contributed by atoms with Crippen LogP contribution >= 0.6 is 0 Å². The molecule has 112 valence electrons. The number of hydrogen-bond donors (Lipinski definition) is 1. The first-order chi connectivity index (χ1) is 10.8. The fourth-order valence-corrected chi connectivity index (χ4v) is 2.95. The zero-order valence-corrected chi connectivity index (χ0v) is 12.3. The quantitative estimate of drug-likeness (QED) is 0.860. The Kier molecular flexibility index (Phi) is 3.27. The summed E-state index contributed by atoms with van der Waals surface area (Å²) < 4.78 is 5.45. The SMILES string of the molecule is Nc1cccc(-c2nc3c(c(N4CCOCC4)n2)CC=C3)c1. The Balaban J connectivity index is 1.81. The first-order valence-corrected chi connectivity index (χ1v) is 7.57. The number of aromatic nitrogens is 2. The molecule has 1 saturated heterocycles. The van der Waals surface area contributed by atoms with Gasteiger partial charge in [-0.25, -0.2) is 9.97 Å². The lowest BCUT2D eigenvalue weighted by Crippen LogP contribution is -2.37. The number of rotatable bonds is 2. The minimum absolute atomic E-state index is 0.727. The molecule has 1 aromatic heterocycles. The van der Waals surface area contributed by atoms with E-state index in [2.05, 4.69) is 17.1 Å². The first kappa shape index (κ1) is 13.3. The molecule has 22 heavy (non-hydrogen) atoms. The Morgan fingerprint density at radius 3 is 2.82 bits per heavy atom. The summed E-state index contributed by atoms with van der Waals surface area (Å²) in [5.74, 6) is 1.77. The Morgan fingerprint density at radius 1 is 1.14 bits per heavy atom. The van der Waals surface area contributed by atoms with Crippen LogP contribution in [0.5, 0.6) is 0 Å². The Labute approximate surface area is 129 Å². The minimum Gasteiger partial charge on any atom is -0.399 e. The fourth-order valence-electron chi connectivity index (χ4n) is 2.95. The van der Waals surface area contributed by atoms with Crippen molar-refractivity contribution >= 4 is 17.6 Å². The maximum Gasteiger partial charge on any atom is 0.162 e. The van der Waals surface area contributed by atoms with Gasteiger partial charge in [0.15, 0.2) is 5.82 Å². The summed E-state index contributed by atoms with van der Waals surface area (Å²) >= 11 is 0. The van der Waals surface area contributed by atoms with Crippen LogP contribution in [-0.2, 0) is 11.2 Å². The van der Waals surface area contributed by atoms with Crippen molar-refractivity contribution in [1.82, 2.24) is 9.97 Å². The summed E-state index contributed by atoms with van der Waals surface area (Å²) in [6.45, 7) is 3.25. The van der Waals surface area contributed by atoms with Gasteiger partial charge in [-0.15, -0.1) is 0 Å². The Hall–Kier alpha value is -2.40. The Bertz CT molecular complexity index is 735. The smallest absolute Gasteiger partial charge is 0.162 e. The third-order valence-corrected chi connectivity index (χ3v) is 4.07. The molecule has 2 aliphatic rings. The molecule has 0 bridgehead atoms. The minimum atomic E-state index is 0.727. The highest BCUT2D eigenvalue weighted by atomic mass is 16.5. The largest absolute Gasteiger partial charge is 0.399 e. The molecule has 0 saturated carbocycles. The molecule has 2 aromatic rings. The van der Waals surface area contributed by atoms with Crippen molar-refractivity contribution in [1.29, 1.82) is 0 Å². The number of ether oxygens (including phenoxy) is 1. The predicted molar refractivity (Wildman–Crippen MR) is 87.7 cm³/mol. The van der Waals surface area contributed by atoms with Crippen molar-refractivity contribution in [2.24, 2.45) is 0 Å². The second-order valence-corrected chi connectivity index (χ2v) is 5.57. The summed E-state index contributed by atoms with van der Waals surface area (Å²) in [5, 5.41) is 0. The van der Waals surface area contributed by atoms with Crippen molar-refractivity contribution in [2.75, 3.05) is 36.9 Å². The third-order valence-electron chi connectivity index (χ3n) is 4.07. The lowest BCUT2D eigenvalue weighted by molar-refractivity contribution is 0.122. The van der Waals surface area contributed by atoms with Crippen LogP contribution in [0.15, 0.2) is 30.3 Å². The van der Waals surface area contributed by atoms with E-state index >= 15 is 0 Å². The number of nitrogens with two attached hydrogens (primary N) is 1. The monoisotopic (exact) mass is 294 g/mol. The zero-order chi connectivity index (χ0) is 14.9. The molecule has 4 rings (SSSR count). The van der Waals surface area contributed by atoms with Gasteiger partial charge in [0.05, 0.1) is 18.9 Å². The van der Waals surface area contributed by atoms with Gasteiger partial charge in [0.2, 0.25) is 0 Å². The summed E-state index contributed by atoms with van der Waals surface area (Å²) in [7, 11) is 0. The predicted octanol–water partition coefficient (Wildman–Crippen LogP) is 2.13. The van der Waals surface area contributed by atoms with Gasteiger partial charge in [-0.05, 0) is 24.6 Å². The summed E-state index contributed by atoms with van der Waals surface area (Å²) in [6, 6.07) is 7.73. The van der Waals surface area contributed by atoms with Gasteiger partial charge in [-0.3, -0.25) is 0 Å². The number of benzene rings is 1. The molecule has 0 spiro atoms. The van der Waals surface area contributed by atoms with Gasteiger partial charge in [-0.2, -0.15) is 0 Å². The van der Waals surface area contributed by atoms with E-state index in [9.17, 15) is 0 Å². The lowest BCUT2D eigenvalue weighted by atomic mass is 10.1. The highest BCUT2D eigenvalue weighted by molar-refractivity contribution is 5.70. The second-order valence-electron chi connectivity index (χ2n) is 5.57. The number of morpholine rings is 1. The number of nitrogen functional groups attached to an aromatic ring is 1. The lowest BCUT2D eigenvalue weighted by Gasteiger charge is -2.29. The highest BCUT2D eigenvalue weighted by Gasteiger charge is 2.22. The van der Waals surface area contributed by atoms with Crippen molar-refractivity contribution in [3.8, 4) is 11.4 Å². The summed E-state index contributed by atoms with van der Waals surface area (Å²) in [4.78, 5) is 11.9. The molecule has 1 aromatic carbocycles. The van der Waals surface area contributed by atoms with Crippen molar-refractivity contribution < 1.29 is 4.74 Å². The molecule has 1 fully saturated rings. The van der Waals surface area contributed by atoms with Gasteiger partial charge in [0, 0.05) is 29.9 Å². The van der Waals surface area contributed by atoms with Crippen molar-refractivity contribution in [3.63, 3.8) is 0 Å². The van der Waals surface area contributed by atoms with Crippen LogP contribution in [0.4, 0.5) is 11.5 Å². The number of hydrogen-bond acceptors (Lipinski definition) is 5. The van der Waals surface area contributed by atoms with E-state index in [-0.39, 0.29) is 0 Å². The van der Waals surface area contributed by atoms with Gasteiger partial charge >= 0.3 is 0 Å². The molecule has 0 amide bonds. The number of fused-ring (bicyclic) bond motifs is 1. The third kappa shape index (κ3) is 2.33. The van der Waals surface area contributed by atoms with Crippen LogP contribution in [0.2, 0.25) is 0 Å². The zero-order valence-electron chi connectivity index (χ0n) is 12.3. The molecule has 0 atom stereocenters. The van der Waals surface area contributed by atoms with Crippen LogP contribution < -0.4 is 10.6 Å². The van der Waals surface area contributed by atoms with E-state index < -0.39 is 0 Å². The molecule has 0 radical (unpaired) electrons. The van der Waals surface area contributed by atoms with Crippen LogP contribution in [-0.4, -0.2) is 36.3 Å². The molecule has 1 aliphatic carbocycles. The van der Waals surface area contributed by atoms with Crippen molar-refractivity contribution in [2.45, 2.75) is 6.42 Å². The van der Waals surface area contributed by atoms with E-state index in [4.69, 9.17) is 20.4 Å². The van der Waals surface area contributed by atoms with Gasteiger partial charge in [0.25, 0.3) is 0 Å². The highest BCUT2D eigenvalue weighted by Crippen LogP contribution is 2.30. The average Bonchev–Trinajstić information content (AvgIpc) is 3.03. The molecule has 0 unspecified atom stereocenters. The maximum absolute atomic E-state index is 5.89. The number of nitrogens with zero attached hydrogens (tertiary/aromatic N) is 3. The van der Waals surface area contributed by atoms with E-state index in [0.717, 1.165) is 61.3 Å². The van der Waals surface area contributed by atoms with E-state index in [0.29, 0.717) is 0 Å². The number of allylic oxidation sites excluding steroid dienone is 1. The topological polar surface area (TPSA) is 64.3 Å². The van der Waals surface area contributed by atoms with Crippen LogP contribution in [0.3, 0.4) is 0 Å². The van der Waals surface area contributed by atoms with E-state index in [1.165, 1.54) is 5.56 Å². The summed E-state index contributed by atoms with van der Waals surface area (Å²) in [5.41, 5.74) is 9.82. The standard InChI is InChI=1S/C17H18N4O/c18-13-4-1-3-12(11-13)16-19-15-6-2-5-14(15)17(20-16)21-7-9-22-10-8-21/h1-4,6,11H,5,7-10,18H2. The number of anilines is 2. The van der Waals surface area contributed by atoms with Crippen LogP contribution in [0.25, 0.3) is 17.5 Å². The molecule has 5 nitrogen and oxygen atoms in total. The summed E-state index contributed by atoms with van der Waals surface area (Å²) in [6.07, 6.45) is 5.13. The molecule has 2 N–H and O–H groups in total. The molecule has 5 heteroatoms. The Morgan fingerprint density at radius 2 is 2.00 bits per heavy atom. The average molecular weight is 294 g/mol. The normalized spacial score (nSPS) is 16.8. The van der Waals surface area contributed by atoms with Gasteiger partial charge in [0.1, 0.15) is 5.82 Å². The fraction of sp³-hybridized carbons (Fsp3) is 0.294. The second kappa shape index (κ2) is 5.42. The maximum atomic E-state index is 5.89. The first-order valence-electron chi connectivity index (χ1n) is 7.57. The van der Waals surface area contributed by atoms with Gasteiger partial charge in [-0.1, -0.05) is 18.2 Å². The van der Waals surface area contributed by atoms with Crippen molar-refractivity contribution in [3.05, 3.63) is 41.6 Å².